The number of anilines is 1. The molecule has 2 aromatic rings. The van der Waals surface area contributed by atoms with Gasteiger partial charge in [0.05, 0.1) is 12.6 Å². The average molecular weight is 355 g/mol. The van der Waals surface area contributed by atoms with Crippen LogP contribution in [0.3, 0.4) is 0 Å². The van der Waals surface area contributed by atoms with Gasteiger partial charge >= 0.3 is 0 Å². The highest BCUT2D eigenvalue weighted by Crippen LogP contribution is 2.20. The smallest absolute Gasteiger partial charge is 0.121 e. The van der Waals surface area contributed by atoms with E-state index in [1.165, 1.54) is 5.56 Å². The lowest BCUT2D eigenvalue weighted by molar-refractivity contribution is 0.0680. The zero-order valence-corrected chi connectivity index (χ0v) is 15.7. The molecule has 0 saturated carbocycles. The summed E-state index contributed by atoms with van der Waals surface area (Å²) in [7, 11) is 0. The Bertz CT molecular complexity index is 683. The van der Waals surface area contributed by atoms with Crippen LogP contribution in [-0.4, -0.2) is 32.0 Å². The van der Waals surface area contributed by atoms with Crippen molar-refractivity contribution in [2.24, 2.45) is 0 Å². The van der Waals surface area contributed by atoms with Gasteiger partial charge in [-0.25, -0.2) is 0 Å². The summed E-state index contributed by atoms with van der Waals surface area (Å²) in [5, 5.41) is 3.46. The SMILES string of the molecule is CCC(CNc1cccc(OCC2CCCO2)c1)Oc1cccc(C)c1. The predicted octanol–water partition coefficient (Wildman–Crippen LogP) is 4.82. The van der Waals surface area contributed by atoms with E-state index < -0.39 is 0 Å². The van der Waals surface area contributed by atoms with Crippen LogP contribution in [0.2, 0.25) is 0 Å². The molecule has 0 aliphatic carbocycles. The van der Waals surface area contributed by atoms with Crippen LogP contribution in [0.1, 0.15) is 31.7 Å². The van der Waals surface area contributed by atoms with E-state index >= 15 is 0 Å². The van der Waals surface area contributed by atoms with Gasteiger partial charge in [0.2, 0.25) is 0 Å². The zero-order chi connectivity index (χ0) is 18.2. The summed E-state index contributed by atoms with van der Waals surface area (Å²) >= 11 is 0. The molecule has 2 aromatic carbocycles. The highest BCUT2D eigenvalue weighted by atomic mass is 16.5. The molecule has 1 heterocycles. The maximum atomic E-state index is 6.10. The van der Waals surface area contributed by atoms with Gasteiger partial charge in [-0.15, -0.1) is 0 Å². The number of hydrogen-bond donors (Lipinski definition) is 1. The zero-order valence-electron chi connectivity index (χ0n) is 15.7. The number of rotatable bonds is 9. The minimum Gasteiger partial charge on any atom is -0.491 e. The van der Waals surface area contributed by atoms with Crippen molar-refractivity contribution < 1.29 is 14.2 Å². The van der Waals surface area contributed by atoms with Gasteiger partial charge in [-0.2, -0.15) is 0 Å². The average Bonchev–Trinajstić information content (AvgIpc) is 3.17. The Labute approximate surface area is 156 Å². The van der Waals surface area contributed by atoms with Crippen molar-refractivity contribution in [1.82, 2.24) is 0 Å². The van der Waals surface area contributed by atoms with Crippen molar-refractivity contribution in [2.45, 2.75) is 45.3 Å². The second-order valence-electron chi connectivity index (χ2n) is 6.82. The lowest BCUT2D eigenvalue weighted by atomic mass is 10.2. The second-order valence-corrected chi connectivity index (χ2v) is 6.82. The lowest BCUT2D eigenvalue weighted by Gasteiger charge is -2.19. The van der Waals surface area contributed by atoms with Crippen molar-refractivity contribution in [3.8, 4) is 11.5 Å². The minimum atomic E-state index is 0.119. The minimum absolute atomic E-state index is 0.119. The molecule has 1 saturated heterocycles. The molecule has 2 atom stereocenters. The molecule has 3 rings (SSSR count). The monoisotopic (exact) mass is 355 g/mol. The summed E-state index contributed by atoms with van der Waals surface area (Å²) in [5.41, 5.74) is 2.25. The molecule has 0 aromatic heterocycles. The molecular formula is C22H29NO3. The van der Waals surface area contributed by atoms with E-state index in [0.717, 1.165) is 49.6 Å². The fourth-order valence-electron chi connectivity index (χ4n) is 3.04. The molecule has 26 heavy (non-hydrogen) atoms. The summed E-state index contributed by atoms with van der Waals surface area (Å²) in [5.74, 6) is 1.80. The summed E-state index contributed by atoms with van der Waals surface area (Å²) in [6.07, 6.45) is 3.52. The van der Waals surface area contributed by atoms with E-state index in [9.17, 15) is 0 Å². The Morgan fingerprint density at radius 1 is 1.15 bits per heavy atom. The van der Waals surface area contributed by atoms with E-state index in [4.69, 9.17) is 14.2 Å². The van der Waals surface area contributed by atoms with Crippen molar-refractivity contribution in [2.75, 3.05) is 25.1 Å². The van der Waals surface area contributed by atoms with Gasteiger partial charge in [0.15, 0.2) is 0 Å². The van der Waals surface area contributed by atoms with Crippen LogP contribution < -0.4 is 14.8 Å². The third kappa shape index (κ3) is 5.67. The Morgan fingerprint density at radius 3 is 2.77 bits per heavy atom. The molecule has 1 aliphatic rings. The van der Waals surface area contributed by atoms with E-state index in [1.807, 2.05) is 30.3 Å². The topological polar surface area (TPSA) is 39.7 Å². The number of aryl methyl sites for hydroxylation is 1. The van der Waals surface area contributed by atoms with Crippen molar-refractivity contribution >= 4 is 5.69 Å². The summed E-state index contributed by atoms with van der Waals surface area (Å²) in [6.45, 7) is 6.45. The van der Waals surface area contributed by atoms with E-state index in [2.05, 4.69) is 37.4 Å². The van der Waals surface area contributed by atoms with Crippen LogP contribution in [-0.2, 0) is 4.74 Å². The predicted molar refractivity (Wildman–Crippen MR) is 105 cm³/mol. The molecule has 4 nitrogen and oxygen atoms in total. The number of ether oxygens (including phenoxy) is 3. The lowest BCUT2D eigenvalue weighted by Crippen LogP contribution is -2.25. The van der Waals surface area contributed by atoms with Crippen LogP contribution in [0, 0.1) is 6.92 Å². The van der Waals surface area contributed by atoms with Crippen LogP contribution in [0.4, 0.5) is 5.69 Å². The van der Waals surface area contributed by atoms with Gasteiger partial charge < -0.3 is 19.5 Å². The number of nitrogens with one attached hydrogen (secondary N) is 1. The third-order valence-corrected chi connectivity index (χ3v) is 4.58. The second kappa shape index (κ2) is 9.48. The Morgan fingerprint density at radius 2 is 2.00 bits per heavy atom. The Kier molecular flexibility index (Phi) is 6.78. The standard InChI is InChI=1S/C22H29NO3/c1-3-19(26-21-10-4-7-17(2)13-21)15-23-18-8-5-9-20(14-18)25-16-22-11-6-12-24-22/h4-5,7-10,13-14,19,22-23H,3,6,11-12,15-16H2,1-2H3. The summed E-state index contributed by atoms with van der Waals surface area (Å²) in [6, 6.07) is 16.3. The van der Waals surface area contributed by atoms with Crippen LogP contribution in [0.5, 0.6) is 11.5 Å². The Hall–Kier alpha value is -2.20. The maximum Gasteiger partial charge on any atom is 0.121 e. The largest absolute Gasteiger partial charge is 0.491 e. The molecule has 1 N–H and O–H groups in total. The molecule has 0 spiro atoms. The van der Waals surface area contributed by atoms with E-state index in [-0.39, 0.29) is 12.2 Å². The number of benzene rings is 2. The maximum absolute atomic E-state index is 6.10. The van der Waals surface area contributed by atoms with Crippen molar-refractivity contribution in [3.05, 3.63) is 54.1 Å². The molecule has 1 fully saturated rings. The van der Waals surface area contributed by atoms with Crippen LogP contribution in [0.15, 0.2) is 48.5 Å². The molecule has 140 valence electrons. The fourth-order valence-corrected chi connectivity index (χ4v) is 3.04. The van der Waals surface area contributed by atoms with Gasteiger partial charge in [0, 0.05) is 18.4 Å². The summed E-state index contributed by atoms with van der Waals surface area (Å²) in [4.78, 5) is 0. The molecule has 0 amide bonds. The highest BCUT2D eigenvalue weighted by Gasteiger charge is 2.16. The first-order valence-electron chi connectivity index (χ1n) is 9.54. The quantitative estimate of drug-likeness (QED) is 0.700. The fraction of sp³-hybridized carbons (Fsp3) is 0.455. The Balaban J connectivity index is 1.50. The number of hydrogen-bond acceptors (Lipinski definition) is 4. The molecule has 1 aliphatic heterocycles. The molecule has 0 radical (unpaired) electrons. The van der Waals surface area contributed by atoms with Crippen LogP contribution in [0.25, 0.3) is 0 Å². The van der Waals surface area contributed by atoms with Crippen molar-refractivity contribution in [3.63, 3.8) is 0 Å². The van der Waals surface area contributed by atoms with Gasteiger partial charge in [0.25, 0.3) is 0 Å². The molecule has 2 unspecified atom stereocenters. The first-order valence-corrected chi connectivity index (χ1v) is 9.54. The molecule has 4 heteroatoms. The van der Waals surface area contributed by atoms with Gasteiger partial charge in [-0.1, -0.05) is 25.1 Å². The van der Waals surface area contributed by atoms with Crippen LogP contribution >= 0.6 is 0 Å². The normalized spacial score (nSPS) is 17.7. The van der Waals surface area contributed by atoms with E-state index in [1.54, 1.807) is 0 Å². The highest BCUT2D eigenvalue weighted by molar-refractivity contribution is 5.48. The first-order chi connectivity index (χ1) is 12.7. The first kappa shape index (κ1) is 18.6. The molecular weight excluding hydrogens is 326 g/mol. The third-order valence-electron chi connectivity index (χ3n) is 4.58. The van der Waals surface area contributed by atoms with Gasteiger partial charge in [-0.05, 0) is 56.0 Å². The van der Waals surface area contributed by atoms with Gasteiger partial charge in [-0.3, -0.25) is 0 Å². The van der Waals surface area contributed by atoms with Gasteiger partial charge in [0.1, 0.15) is 24.2 Å². The van der Waals surface area contributed by atoms with Crippen molar-refractivity contribution in [1.29, 1.82) is 0 Å². The summed E-state index contributed by atoms with van der Waals surface area (Å²) < 4.78 is 17.6. The van der Waals surface area contributed by atoms with E-state index in [0.29, 0.717) is 6.61 Å². The molecule has 0 bridgehead atoms.